The van der Waals surface area contributed by atoms with Crippen LogP contribution in [0.5, 0.6) is 0 Å². The molecule has 4 aromatic rings. The number of hydrogen-bond acceptors (Lipinski definition) is 5. The lowest BCUT2D eigenvalue weighted by molar-refractivity contribution is -0.385. The molecule has 0 amide bonds. The summed E-state index contributed by atoms with van der Waals surface area (Å²) >= 11 is 0. The first kappa shape index (κ1) is 15.6. The third-order valence-corrected chi connectivity index (χ3v) is 4.29. The van der Waals surface area contributed by atoms with Crippen molar-refractivity contribution in [1.82, 2.24) is 4.98 Å². The van der Waals surface area contributed by atoms with Crippen molar-refractivity contribution < 1.29 is 9.85 Å². The highest BCUT2D eigenvalue weighted by Gasteiger charge is 2.11. The fourth-order valence-electron chi connectivity index (χ4n) is 2.96. The van der Waals surface area contributed by atoms with Gasteiger partial charge in [0.1, 0.15) is 0 Å². The molecule has 26 heavy (non-hydrogen) atoms. The zero-order valence-corrected chi connectivity index (χ0v) is 13.3. The van der Waals surface area contributed by atoms with E-state index in [0.717, 1.165) is 27.3 Å². The molecule has 0 spiro atoms. The van der Waals surface area contributed by atoms with Crippen LogP contribution in [0.15, 0.2) is 66.9 Å². The smallest absolute Gasteiger partial charge is 0.258 e. The molecule has 0 saturated carbocycles. The van der Waals surface area contributed by atoms with Crippen LogP contribution in [-0.4, -0.2) is 14.8 Å². The molecule has 126 valence electrons. The fraction of sp³-hybridized carbons (Fsp3) is 0. The van der Waals surface area contributed by atoms with Gasteiger partial charge in [-0.15, -0.1) is 0 Å². The maximum atomic E-state index is 11.0. The molecule has 0 unspecified atom stereocenters. The highest BCUT2D eigenvalue weighted by Crippen LogP contribution is 2.31. The van der Waals surface area contributed by atoms with Gasteiger partial charge in [-0.3, -0.25) is 25.2 Å². The first-order chi connectivity index (χ1) is 12.5. The Balaban J connectivity index is 1.88. The second-order valence-corrected chi connectivity index (χ2v) is 5.82. The highest BCUT2D eigenvalue weighted by molar-refractivity contribution is 6.07. The number of nitro benzene ring substituents is 2. The van der Waals surface area contributed by atoms with Gasteiger partial charge in [0, 0.05) is 41.2 Å². The number of hydrogen-bond donors (Lipinski definition) is 0. The summed E-state index contributed by atoms with van der Waals surface area (Å²) in [4.78, 5) is 25.2. The molecule has 0 aliphatic carbocycles. The molecule has 7 heteroatoms. The van der Waals surface area contributed by atoms with E-state index in [-0.39, 0.29) is 11.4 Å². The number of fused-ring (bicyclic) bond motifs is 3. The average molecular weight is 345 g/mol. The van der Waals surface area contributed by atoms with E-state index in [0.29, 0.717) is 5.52 Å². The molecule has 1 heterocycles. The summed E-state index contributed by atoms with van der Waals surface area (Å²) in [6.45, 7) is 0. The Morgan fingerprint density at radius 3 is 2.04 bits per heavy atom. The van der Waals surface area contributed by atoms with Crippen molar-refractivity contribution in [2.45, 2.75) is 0 Å². The summed E-state index contributed by atoms with van der Waals surface area (Å²) in [5.74, 6) is 0. The molecule has 3 aromatic carbocycles. The molecule has 0 aliphatic rings. The average Bonchev–Trinajstić information content (AvgIpc) is 2.67. The zero-order valence-electron chi connectivity index (χ0n) is 13.3. The molecule has 0 fully saturated rings. The first-order valence-corrected chi connectivity index (χ1v) is 7.75. The molecular formula is C19H11N3O4. The van der Waals surface area contributed by atoms with Gasteiger partial charge in [-0.2, -0.15) is 0 Å². The SMILES string of the molecule is O=[N+]([O-])c1ccc(-c2ccc3cnc4cc([N+](=O)[O-])ccc4c3c2)cc1. The van der Waals surface area contributed by atoms with E-state index >= 15 is 0 Å². The van der Waals surface area contributed by atoms with Gasteiger partial charge in [-0.1, -0.05) is 12.1 Å². The summed E-state index contributed by atoms with van der Waals surface area (Å²) in [6, 6.07) is 16.7. The lowest BCUT2D eigenvalue weighted by Crippen LogP contribution is -1.90. The van der Waals surface area contributed by atoms with Crippen LogP contribution in [0.1, 0.15) is 0 Å². The van der Waals surface area contributed by atoms with Crippen LogP contribution in [0.2, 0.25) is 0 Å². The predicted molar refractivity (Wildman–Crippen MR) is 98.0 cm³/mol. The van der Waals surface area contributed by atoms with E-state index in [1.807, 2.05) is 18.2 Å². The van der Waals surface area contributed by atoms with Crippen molar-refractivity contribution in [2.24, 2.45) is 0 Å². The minimum Gasteiger partial charge on any atom is -0.258 e. The number of benzene rings is 3. The van der Waals surface area contributed by atoms with Crippen LogP contribution in [0.4, 0.5) is 11.4 Å². The van der Waals surface area contributed by atoms with Crippen molar-refractivity contribution in [3.05, 3.63) is 87.1 Å². The minimum absolute atomic E-state index is 0.00382. The lowest BCUT2D eigenvalue weighted by Gasteiger charge is -2.07. The maximum Gasteiger partial charge on any atom is 0.271 e. The lowest BCUT2D eigenvalue weighted by atomic mass is 9.99. The van der Waals surface area contributed by atoms with Crippen molar-refractivity contribution >= 4 is 33.1 Å². The van der Waals surface area contributed by atoms with E-state index in [2.05, 4.69) is 4.98 Å². The van der Waals surface area contributed by atoms with Crippen molar-refractivity contribution in [2.75, 3.05) is 0 Å². The number of pyridine rings is 1. The fourth-order valence-corrected chi connectivity index (χ4v) is 2.96. The second kappa shape index (κ2) is 5.89. The summed E-state index contributed by atoms with van der Waals surface area (Å²) in [5, 5.41) is 24.4. The van der Waals surface area contributed by atoms with Gasteiger partial charge in [0.2, 0.25) is 0 Å². The molecule has 0 saturated heterocycles. The third kappa shape index (κ3) is 2.61. The zero-order chi connectivity index (χ0) is 18.3. The van der Waals surface area contributed by atoms with Gasteiger partial charge in [0.15, 0.2) is 0 Å². The largest absolute Gasteiger partial charge is 0.271 e. The number of non-ortho nitro benzene ring substituents is 2. The third-order valence-electron chi connectivity index (χ3n) is 4.29. The van der Waals surface area contributed by atoms with Crippen LogP contribution >= 0.6 is 0 Å². The van der Waals surface area contributed by atoms with Crippen LogP contribution in [0.3, 0.4) is 0 Å². The van der Waals surface area contributed by atoms with Gasteiger partial charge in [0.25, 0.3) is 11.4 Å². The minimum atomic E-state index is -0.446. The monoisotopic (exact) mass is 345 g/mol. The molecule has 0 aliphatic heterocycles. The van der Waals surface area contributed by atoms with Gasteiger partial charge < -0.3 is 0 Å². The van der Waals surface area contributed by atoms with Gasteiger partial charge >= 0.3 is 0 Å². The van der Waals surface area contributed by atoms with E-state index in [1.165, 1.54) is 24.3 Å². The van der Waals surface area contributed by atoms with Crippen LogP contribution < -0.4 is 0 Å². The number of nitro groups is 2. The predicted octanol–water partition coefficient (Wildman–Crippen LogP) is 4.87. The van der Waals surface area contributed by atoms with Crippen LogP contribution in [0, 0.1) is 20.2 Å². The maximum absolute atomic E-state index is 11.0. The standard InChI is InChI=1S/C19H11N3O4/c23-21(24)15-5-3-12(4-6-15)13-1-2-14-11-20-19-10-16(22(25)26)7-8-17(19)18(14)9-13/h1-11H. The normalized spacial score (nSPS) is 10.9. The van der Waals surface area contributed by atoms with Crippen LogP contribution in [-0.2, 0) is 0 Å². The quantitative estimate of drug-likeness (QED) is 0.299. The first-order valence-electron chi connectivity index (χ1n) is 7.75. The summed E-state index contributed by atoms with van der Waals surface area (Å²) in [7, 11) is 0. The Labute approximate surface area is 146 Å². The van der Waals surface area contributed by atoms with Gasteiger partial charge in [-0.25, -0.2) is 0 Å². The second-order valence-electron chi connectivity index (χ2n) is 5.82. The van der Waals surface area contributed by atoms with Crippen molar-refractivity contribution in [3.8, 4) is 11.1 Å². The Bertz CT molecular complexity index is 1190. The summed E-state index contributed by atoms with van der Waals surface area (Å²) in [5.41, 5.74) is 2.34. The molecular weight excluding hydrogens is 334 g/mol. The van der Waals surface area contributed by atoms with Gasteiger partial charge in [0.05, 0.1) is 15.4 Å². The number of aromatic nitrogens is 1. The Kier molecular flexibility index (Phi) is 3.54. The summed E-state index contributed by atoms with van der Waals surface area (Å²) in [6.07, 6.45) is 1.68. The van der Waals surface area contributed by atoms with E-state index < -0.39 is 9.85 Å². The van der Waals surface area contributed by atoms with Crippen LogP contribution in [0.25, 0.3) is 32.8 Å². The molecule has 0 atom stereocenters. The molecule has 7 nitrogen and oxygen atoms in total. The summed E-state index contributed by atoms with van der Waals surface area (Å²) < 4.78 is 0. The Morgan fingerprint density at radius 1 is 0.692 bits per heavy atom. The molecule has 0 N–H and O–H groups in total. The van der Waals surface area contributed by atoms with Crippen molar-refractivity contribution in [1.29, 1.82) is 0 Å². The van der Waals surface area contributed by atoms with Crippen molar-refractivity contribution in [3.63, 3.8) is 0 Å². The topological polar surface area (TPSA) is 99.2 Å². The van der Waals surface area contributed by atoms with Gasteiger partial charge in [-0.05, 0) is 40.8 Å². The molecule has 4 rings (SSSR count). The highest BCUT2D eigenvalue weighted by atomic mass is 16.6. The van der Waals surface area contributed by atoms with E-state index in [9.17, 15) is 20.2 Å². The molecule has 0 radical (unpaired) electrons. The number of nitrogens with zero attached hydrogens (tertiary/aromatic N) is 3. The molecule has 0 bridgehead atoms. The van der Waals surface area contributed by atoms with E-state index in [4.69, 9.17) is 0 Å². The van der Waals surface area contributed by atoms with E-state index in [1.54, 1.807) is 24.4 Å². The Hall–Kier alpha value is -3.87. The number of rotatable bonds is 3. The Morgan fingerprint density at radius 2 is 1.35 bits per heavy atom. The molecule has 1 aromatic heterocycles.